The molecule has 0 bridgehead atoms. The molecule has 0 aromatic heterocycles. The van der Waals surface area contributed by atoms with Crippen molar-refractivity contribution in [1.29, 1.82) is 0 Å². The van der Waals surface area contributed by atoms with Gasteiger partial charge in [-0.15, -0.1) is 0 Å². The molecule has 3 saturated heterocycles. The zero-order valence-electron chi connectivity index (χ0n) is 24.5. The van der Waals surface area contributed by atoms with Crippen molar-refractivity contribution in [2.45, 2.75) is 88.4 Å². The summed E-state index contributed by atoms with van der Waals surface area (Å²) in [7, 11) is 3.39. The molecule has 7 atom stereocenters. The van der Waals surface area contributed by atoms with E-state index in [-0.39, 0.29) is 42.9 Å². The number of carbonyl (C=O) groups is 3. The van der Waals surface area contributed by atoms with Crippen molar-refractivity contribution in [2.75, 3.05) is 53.6 Å². The number of amides is 3. The van der Waals surface area contributed by atoms with E-state index in [9.17, 15) is 14.4 Å². The molecule has 226 valence electrons. The molecule has 4 unspecified atom stereocenters. The van der Waals surface area contributed by atoms with Gasteiger partial charge in [0.05, 0.1) is 31.2 Å². The number of imide groups is 1. The van der Waals surface area contributed by atoms with E-state index in [1.165, 1.54) is 5.57 Å². The van der Waals surface area contributed by atoms with Gasteiger partial charge in [-0.25, -0.2) is 9.59 Å². The number of epoxide rings is 2. The second-order valence-electron chi connectivity index (χ2n) is 12.0. The van der Waals surface area contributed by atoms with Crippen LogP contribution in [0.5, 0.6) is 0 Å². The maximum atomic E-state index is 13.3. The summed E-state index contributed by atoms with van der Waals surface area (Å²) in [6.45, 7) is 8.37. The molecule has 40 heavy (non-hydrogen) atoms. The van der Waals surface area contributed by atoms with Crippen LogP contribution >= 0.6 is 0 Å². The highest BCUT2D eigenvalue weighted by Gasteiger charge is 2.72. The molecular formula is C28H46N4O8. The Morgan fingerprint density at radius 2 is 2.00 bits per heavy atom. The highest BCUT2D eigenvalue weighted by Crippen LogP contribution is 2.59. The molecule has 4 fully saturated rings. The number of alkyl carbamates (subject to hydrolysis) is 1. The fourth-order valence-corrected chi connectivity index (χ4v) is 6.42. The van der Waals surface area contributed by atoms with Crippen LogP contribution in [-0.4, -0.2) is 117 Å². The molecule has 1 saturated carbocycles. The monoisotopic (exact) mass is 566 g/mol. The van der Waals surface area contributed by atoms with Crippen molar-refractivity contribution in [3.8, 4) is 0 Å². The van der Waals surface area contributed by atoms with Crippen LogP contribution in [0.4, 0.5) is 9.59 Å². The number of hydrogen-bond donors (Lipinski definition) is 2. The van der Waals surface area contributed by atoms with Gasteiger partial charge in [-0.05, 0) is 59.9 Å². The number of likely N-dealkylation sites (tertiary alicyclic amines) is 1. The Morgan fingerprint density at radius 1 is 1.25 bits per heavy atom. The zero-order valence-corrected chi connectivity index (χ0v) is 24.5. The van der Waals surface area contributed by atoms with Crippen molar-refractivity contribution in [2.24, 2.45) is 11.7 Å². The fourth-order valence-electron chi connectivity index (χ4n) is 6.42. The standard InChI is InChI=1S/C28H46N4O8/c1-18(2)8-9-21-27(3,40-21)24-23(36-5)20(10-11-28(24)17-38-28)39-26(35)32-13-6-7-19(32)16-37-25(34)30-22(33)15-31(4)14-12-29/h8,19-21,23-24H,6-7,9-17,29H2,1-5H3,(H,30,33,34)/t19-,20?,21+,23?,24?,27?,28-/m0/s1. The maximum Gasteiger partial charge on any atom is 0.413 e. The first kappa shape index (κ1) is 30.7. The number of allylic oxidation sites excluding steroid dienone is 1. The summed E-state index contributed by atoms with van der Waals surface area (Å²) in [5.41, 5.74) is 6.01. The number of nitrogens with one attached hydrogen (secondary N) is 1. The maximum absolute atomic E-state index is 13.3. The Morgan fingerprint density at radius 3 is 2.65 bits per heavy atom. The number of carbonyl (C=O) groups excluding carboxylic acids is 3. The molecule has 0 aromatic rings. The average molecular weight is 567 g/mol. The van der Waals surface area contributed by atoms with Crippen LogP contribution in [0.1, 0.15) is 52.9 Å². The third kappa shape index (κ3) is 6.96. The third-order valence-electron chi connectivity index (χ3n) is 8.67. The van der Waals surface area contributed by atoms with Gasteiger partial charge in [-0.2, -0.15) is 0 Å². The third-order valence-corrected chi connectivity index (χ3v) is 8.67. The van der Waals surface area contributed by atoms with Crippen molar-refractivity contribution in [3.63, 3.8) is 0 Å². The number of nitrogens with zero attached hydrogens (tertiary/aromatic N) is 2. The first-order valence-electron chi connectivity index (χ1n) is 14.3. The predicted octanol–water partition coefficient (Wildman–Crippen LogP) is 1.81. The molecule has 3 heterocycles. The van der Waals surface area contributed by atoms with Crippen LogP contribution in [0.2, 0.25) is 0 Å². The van der Waals surface area contributed by atoms with Crippen molar-refractivity contribution < 1.29 is 38.1 Å². The Hall–Kier alpha value is -2.25. The number of methoxy groups -OCH3 is 1. The van der Waals surface area contributed by atoms with E-state index >= 15 is 0 Å². The van der Waals surface area contributed by atoms with Crippen LogP contribution in [-0.2, 0) is 28.5 Å². The minimum absolute atomic E-state index is 0.0250. The smallest absolute Gasteiger partial charge is 0.413 e. The number of likely N-dealkylation sites (N-methyl/N-ethyl adjacent to an activating group) is 1. The number of rotatable bonds is 11. The summed E-state index contributed by atoms with van der Waals surface area (Å²) in [6, 6.07) is -0.329. The molecular weight excluding hydrogens is 520 g/mol. The molecule has 12 nitrogen and oxygen atoms in total. The summed E-state index contributed by atoms with van der Waals surface area (Å²) in [5, 5.41) is 2.21. The summed E-state index contributed by atoms with van der Waals surface area (Å²) < 4.78 is 29.6. The van der Waals surface area contributed by atoms with Crippen LogP contribution in [0.15, 0.2) is 11.6 Å². The molecule has 1 aliphatic carbocycles. The topological polar surface area (TPSA) is 148 Å². The zero-order chi connectivity index (χ0) is 29.1. The van der Waals surface area contributed by atoms with Gasteiger partial charge in [-0.1, -0.05) is 11.6 Å². The quantitative estimate of drug-likeness (QED) is 0.280. The van der Waals surface area contributed by atoms with E-state index in [1.54, 1.807) is 24.0 Å². The second kappa shape index (κ2) is 12.7. The SMILES string of the molecule is COC1C(OC(=O)N2CCC[C@H]2COC(=O)NC(=O)CN(C)CCN)CC[C@]2(CO2)C1C1(C)O[C@@H]1CC=C(C)C. The highest BCUT2D eigenvalue weighted by atomic mass is 16.6. The number of hydrogen-bond acceptors (Lipinski definition) is 10. The van der Waals surface area contributed by atoms with E-state index in [2.05, 4.69) is 32.2 Å². The Labute approximate surface area is 236 Å². The van der Waals surface area contributed by atoms with Crippen LogP contribution in [0, 0.1) is 5.92 Å². The van der Waals surface area contributed by atoms with Crippen LogP contribution < -0.4 is 11.1 Å². The molecule has 1 spiro atoms. The lowest BCUT2D eigenvalue weighted by Gasteiger charge is -2.43. The summed E-state index contributed by atoms with van der Waals surface area (Å²) in [6.07, 6.45) is 3.82. The van der Waals surface area contributed by atoms with E-state index in [0.717, 1.165) is 19.3 Å². The predicted molar refractivity (Wildman–Crippen MR) is 146 cm³/mol. The lowest BCUT2D eigenvalue weighted by Crippen LogP contribution is -2.56. The number of nitrogens with two attached hydrogens (primary N) is 1. The van der Waals surface area contributed by atoms with Crippen molar-refractivity contribution >= 4 is 18.1 Å². The molecule has 3 amide bonds. The van der Waals surface area contributed by atoms with Gasteiger partial charge in [-0.3, -0.25) is 15.0 Å². The molecule has 0 aromatic carbocycles. The summed E-state index contributed by atoms with van der Waals surface area (Å²) in [4.78, 5) is 40.8. The lowest BCUT2D eigenvalue weighted by atomic mass is 9.68. The van der Waals surface area contributed by atoms with Crippen molar-refractivity contribution in [1.82, 2.24) is 15.1 Å². The fraction of sp³-hybridized carbons (Fsp3) is 0.821. The Kier molecular flexibility index (Phi) is 9.77. The van der Waals surface area contributed by atoms with Gasteiger partial charge >= 0.3 is 12.2 Å². The second-order valence-corrected chi connectivity index (χ2v) is 12.0. The van der Waals surface area contributed by atoms with Gasteiger partial charge in [0.1, 0.15) is 30.0 Å². The van der Waals surface area contributed by atoms with Crippen LogP contribution in [0.25, 0.3) is 0 Å². The minimum Gasteiger partial charge on any atom is -0.447 e. The van der Waals surface area contributed by atoms with Gasteiger partial charge in [0, 0.05) is 26.7 Å². The minimum atomic E-state index is -0.837. The van der Waals surface area contributed by atoms with E-state index < -0.39 is 29.8 Å². The van der Waals surface area contributed by atoms with E-state index in [4.69, 9.17) is 29.4 Å². The van der Waals surface area contributed by atoms with E-state index in [1.807, 2.05) is 0 Å². The van der Waals surface area contributed by atoms with Crippen molar-refractivity contribution in [3.05, 3.63) is 11.6 Å². The average Bonchev–Trinajstić information content (AvgIpc) is 3.74. The normalized spacial score (nSPS) is 34.5. The van der Waals surface area contributed by atoms with Crippen LogP contribution in [0.3, 0.4) is 0 Å². The molecule has 3 aliphatic heterocycles. The van der Waals surface area contributed by atoms with Gasteiger partial charge in [0.2, 0.25) is 5.91 Å². The molecule has 4 aliphatic rings. The van der Waals surface area contributed by atoms with E-state index in [0.29, 0.717) is 39.1 Å². The first-order valence-corrected chi connectivity index (χ1v) is 14.3. The largest absolute Gasteiger partial charge is 0.447 e. The van der Waals surface area contributed by atoms with Gasteiger partial charge in [0.25, 0.3) is 0 Å². The summed E-state index contributed by atoms with van der Waals surface area (Å²) in [5.74, 6) is -0.537. The number of ether oxygens (including phenoxy) is 5. The Bertz CT molecular complexity index is 968. The van der Waals surface area contributed by atoms with Gasteiger partial charge < -0.3 is 34.3 Å². The lowest BCUT2D eigenvalue weighted by molar-refractivity contribution is -0.122. The Balaban J connectivity index is 1.32. The molecule has 0 radical (unpaired) electrons. The highest BCUT2D eigenvalue weighted by molar-refractivity contribution is 5.92. The first-order chi connectivity index (χ1) is 19.0. The summed E-state index contributed by atoms with van der Waals surface area (Å²) >= 11 is 0. The van der Waals surface area contributed by atoms with Gasteiger partial charge in [0.15, 0.2) is 0 Å². The molecule has 4 rings (SSSR count). The molecule has 3 N–H and O–H groups in total. The molecule has 12 heteroatoms.